The van der Waals surface area contributed by atoms with E-state index in [0.717, 1.165) is 11.0 Å². The Kier molecular flexibility index (Phi) is 4.47. The molecule has 0 saturated heterocycles. The normalized spacial score (nSPS) is 13.6. The van der Waals surface area contributed by atoms with E-state index < -0.39 is 11.9 Å². The molecule has 1 aliphatic heterocycles. The fraction of sp³-hybridized carbons (Fsp3) is 0.222. The molecule has 0 fully saturated rings. The summed E-state index contributed by atoms with van der Waals surface area (Å²) in [7, 11) is 0. The van der Waals surface area contributed by atoms with Crippen LogP contribution in [0, 0.1) is 0 Å². The maximum Gasteiger partial charge on any atom is 0.435 e. The number of hydrogen-bond donors (Lipinski definition) is 0. The van der Waals surface area contributed by atoms with E-state index in [2.05, 4.69) is 10.1 Å². The van der Waals surface area contributed by atoms with Crippen molar-refractivity contribution in [2.45, 2.75) is 11.1 Å². The summed E-state index contributed by atoms with van der Waals surface area (Å²) in [6, 6.07) is 9.44. The zero-order valence-electron chi connectivity index (χ0n) is 14.2. The van der Waals surface area contributed by atoms with Crippen molar-refractivity contribution in [2.24, 2.45) is 0 Å². The van der Waals surface area contributed by atoms with Gasteiger partial charge in [-0.25, -0.2) is 9.67 Å². The van der Waals surface area contributed by atoms with Crippen LogP contribution in [0.4, 0.5) is 13.2 Å². The lowest BCUT2D eigenvalue weighted by atomic mass is 10.1. The molecule has 3 heterocycles. The van der Waals surface area contributed by atoms with Crippen molar-refractivity contribution in [1.29, 1.82) is 0 Å². The summed E-state index contributed by atoms with van der Waals surface area (Å²) in [5.74, 6) is 1.36. The van der Waals surface area contributed by atoms with Gasteiger partial charge >= 0.3 is 6.18 Å². The van der Waals surface area contributed by atoms with Crippen molar-refractivity contribution in [3.63, 3.8) is 0 Å². The number of benzene rings is 1. The van der Waals surface area contributed by atoms with Crippen molar-refractivity contribution >= 4 is 11.8 Å². The van der Waals surface area contributed by atoms with Gasteiger partial charge in [0.05, 0.1) is 5.69 Å². The van der Waals surface area contributed by atoms with Crippen LogP contribution in [0.15, 0.2) is 47.5 Å². The second-order valence-corrected chi connectivity index (χ2v) is 6.62. The summed E-state index contributed by atoms with van der Waals surface area (Å²) >= 11 is 1.50. The molecule has 9 heteroatoms. The van der Waals surface area contributed by atoms with E-state index in [-0.39, 0.29) is 5.69 Å². The number of alkyl halides is 3. The lowest BCUT2D eigenvalue weighted by Gasteiger charge is -2.19. The Labute approximate surface area is 157 Å². The van der Waals surface area contributed by atoms with Gasteiger partial charge in [-0.1, -0.05) is 0 Å². The highest BCUT2D eigenvalue weighted by molar-refractivity contribution is 7.98. The molecule has 0 amide bonds. The second kappa shape index (κ2) is 6.80. The number of nitrogens with zero attached hydrogens (tertiary/aromatic N) is 3. The summed E-state index contributed by atoms with van der Waals surface area (Å²) in [6.07, 6.45) is -1.07. The fourth-order valence-electron chi connectivity index (χ4n) is 2.72. The Bertz CT molecular complexity index is 971. The van der Waals surface area contributed by atoms with Crippen LogP contribution >= 0.6 is 11.8 Å². The molecular weight excluding hydrogens is 379 g/mol. The summed E-state index contributed by atoms with van der Waals surface area (Å²) in [4.78, 5) is 5.15. The first-order chi connectivity index (χ1) is 13.0. The Morgan fingerprint density at radius 3 is 2.48 bits per heavy atom. The molecule has 0 unspecified atom stereocenters. The van der Waals surface area contributed by atoms with Gasteiger partial charge in [-0.05, 0) is 42.7 Å². The van der Waals surface area contributed by atoms with E-state index in [9.17, 15) is 13.2 Å². The molecule has 0 aliphatic carbocycles. The minimum Gasteiger partial charge on any atom is -0.486 e. The van der Waals surface area contributed by atoms with E-state index in [1.807, 2.05) is 6.26 Å². The molecule has 5 nitrogen and oxygen atoms in total. The summed E-state index contributed by atoms with van der Waals surface area (Å²) < 4.78 is 52.0. The van der Waals surface area contributed by atoms with Gasteiger partial charge in [-0.2, -0.15) is 18.3 Å². The molecule has 3 aromatic rings. The number of hydrogen-bond acceptors (Lipinski definition) is 5. The average Bonchev–Trinajstić information content (AvgIpc) is 3.13. The summed E-state index contributed by atoms with van der Waals surface area (Å²) in [5.41, 5.74) is -0.190. The third-order valence-corrected chi connectivity index (χ3v) is 4.72. The highest BCUT2D eigenvalue weighted by Crippen LogP contribution is 2.37. The van der Waals surface area contributed by atoms with Crippen molar-refractivity contribution < 1.29 is 22.6 Å². The van der Waals surface area contributed by atoms with E-state index in [1.165, 1.54) is 16.4 Å². The molecular formula is C18H14F3N3O2S. The number of pyridine rings is 1. The van der Waals surface area contributed by atoms with Gasteiger partial charge < -0.3 is 9.47 Å². The molecule has 0 N–H and O–H groups in total. The minimum atomic E-state index is -4.56. The van der Waals surface area contributed by atoms with Crippen LogP contribution in [0.2, 0.25) is 0 Å². The minimum absolute atomic E-state index is 0.267. The molecule has 1 aromatic carbocycles. The van der Waals surface area contributed by atoms with E-state index in [0.29, 0.717) is 36.1 Å². The Morgan fingerprint density at radius 2 is 1.81 bits per heavy atom. The Hall–Kier alpha value is -2.68. The number of rotatable bonds is 3. The molecule has 27 heavy (non-hydrogen) atoms. The predicted molar refractivity (Wildman–Crippen MR) is 94.6 cm³/mol. The monoisotopic (exact) mass is 393 g/mol. The highest BCUT2D eigenvalue weighted by atomic mass is 32.2. The molecule has 140 valence electrons. The van der Waals surface area contributed by atoms with E-state index in [1.54, 1.807) is 36.5 Å². The molecule has 0 atom stereocenters. The molecule has 4 rings (SSSR count). The van der Waals surface area contributed by atoms with Gasteiger partial charge in [-0.15, -0.1) is 11.8 Å². The quantitative estimate of drug-likeness (QED) is 0.616. The van der Waals surface area contributed by atoms with Crippen LogP contribution in [0.3, 0.4) is 0 Å². The predicted octanol–water partition coefficient (Wildman–Crippen LogP) is 4.45. The topological polar surface area (TPSA) is 49.2 Å². The first-order valence-electron chi connectivity index (χ1n) is 8.03. The van der Waals surface area contributed by atoms with E-state index in [4.69, 9.17) is 9.47 Å². The highest BCUT2D eigenvalue weighted by Gasteiger charge is 2.35. The van der Waals surface area contributed by atoms with Gasteiger partial charge in [-0.3, -0.25) is 0 Å². The lowest BCUT2D eigenvalue weighted by molar-refractivity contribution is -0.141. The first kappa shape index (κ1) is 17.7. The summed E-state index contributed by atoms with van der Waals surface area (Å²) in [6.45, 7) is 0.829. The maximum absolute atomic E-state index is 13.3. The number of ether oxygens (including phenoxy) is 2. The van der Waals surface area contributed by atoms with E-state index >= 15 is 0 Å². The van der Waals surface area contributed by atoms with Gasteiger partial charge in [0, 0.05) is 16.7 Å². The zero-order valence-corrected chi connectivity index (χ0v) is 15.0. The molecule has 2 aromatic heterocycles. The molecule has 0 saturated carbocycles. The Morgan fingerprint density at radius 1 is 1.04 bits per heavy atom. The van der Waals surface area contributed by atoms with Crippen LogP contribution in [-0.2, 0) is 6.18 Å². The number of aromatic nitrogens is 3. The SMILES string of the molecule is CSc1ccc(-n2nc(C(F)(F)F)cc2-c2ccc3c(c2)OCCO3)nc1. The second-order valence-electron chi connectivity index (χ2n) is 5.74. The first-order valence-corrected chi connectivity index (χ1v) is 9.26. The van der Waals surface area contributed by atoms with Crippen molar-refractivity contribution in [3.05, 3.63) is 48.3 Å². The Balaban J connectivity index is 1.84. The molecule has 1 aliphatic rings. The smallest absolute Gasteiger partial charge is 0.435 e. The fourth-order valence-corrected chi connectivity index (χ4v) is 3.08. The number of thioether (sulfide) groups is 1. The van der Waals surface area contributed by atoms with Gasteiger partial charge in [0.15, 0.2) is 23.0 Å². The van der Waals surface area contributed by atoms with Crippen molar-refractivity contribution in [1.82, 2.24) is 14.8 Å². The van der Waals surface area contributed by atoms with Gasteiger partial charge in [0.2, 0.25) is 0 Å². The lowest BCUT2D eigenvalue weighted by Crippen LogP contribution is -2.15. The number of fused-ring (bicyclic) bond motifs is 1. The van der Waals surface area contributed by atoms with Crippen LogP contribution in [0.5, 0.6) is 11.5 Å². The largest absolute Gasteiger partial charge is 0.486 e. The summed E-state index contributed by atoms with van der Waals surface area (Å²) in [5, 5.41) is 3.75. The maximum atomic E-state index is 13.3. The van der Waals surface area contributed by atoms with Gasteiger partial charge in [0.25, 0.3) is 0 Å². The third kappa shape index (κ3) is 3.46. The zero-order chi connectivity index (χ0) is 19.0. The van der Waals surface area contributed by atoms with Crippen LogP contribution < -0.4 is 9.47 Å². The van der Waals surface area contributed by atoms with Crippen LogP contribution in [-0.4, -0.2) is 34.2 Å². The van der Waals surface area contributed by atoms with Gasteiger partial charge in [0.1, 0.15) is 13.2 Å². The van der Waals surface area contributed by atoms with Crippen LogP contribution in [0.1, 0.15) is 5.69 Å². The van der Waals surface area contributed by atoms with Crippen molar-refractivity contribution in [3.8, 4) is 28.6 Å². The third-order valence-electron chi connectivity index (χ3n) is 4.01. The van der Waals surface area contributed by atoms with Crippen molar-refractivity contribution in [2.75, 3.05) is 19.5 Å². The average molecular weight is 393 g/mol. The van der Waals surface area contributed by atoms with Crippen LogP contribution in [0.25, 0.3) is 17.1 Å². The molecule has 0 bridgehead atoms. The molecule has 0 radical (unpaired) electrons. The molecule has 0 spiro atoms. The standard InChI is InChI=1S/C18H14F3N3O2S/c1-27-12-3-5-17(22-10-12)24-13(9-16(23-24)18(19,20)21)11-2-4-14-15(8-11)26-7-6-25-14/h2-5,8-10H,6-7H2,1H3. The number of halogens is 3.